The minimum absolute atomic E-state index is 0.379. The maximum atomic E-state index is 11.8. The summed E-state index contributed by atoms with van der Waals surface area (Å²) in [5.74, 6) is -0.118. The summed E-state index contributed by atoms with van der Waals surface area (Å²) in [7, 11) is 2.94. The molecule has 5 nitrogen and oxygen atoms in total. The lowest BCUT2D eigenvalue weighted by Crippen LogP contribution is -2.22. The molecule has 2 aromatic carbocycles. The number of esters is 2. The molecule has 0 saturated carbocycles. The fourth-order valence-electron chi connectivity index (χ4n) is 2.45. The van der Waals surface area contributed by atoms with Gasteiger partial charge in [0.15, 0.2) is 0 Å². The van der Waals surface area contributed by atoms with Crippen molar-refractivity contribution < 1.29 is 23.8 Å². The Labute approximate surface area is 159 Å². The van der Waals surface area contributed by atoms with Crippen molar-refractivity contribution in [1.29, 1.82) is 0 Å². The van der Waals surface area contributed by atoms with Gasteiger partial charge in [0.25, 0.3) is 0 Å². The van der Waals surface area contributed by atoms with Crippen molar-refractivity contribution in [2.45, 2.75) is 26.4 Å². The van der Waals surface area contributed by atoms with Gasteiger partial charge in [0.05, 0.1) is 19.8 Å². The van der Waals surface area contributed by atoms with E-state index >= 15 is 0 Å². The van der Waals surface area contributed by atoms with Crippen LogP contribution in [0.25, 0.3) is 17.2 Å². The Bertz CT molecular complexity index is 842. The van der Waals surface area contributed by atoms with Crippen LogP contribution in [0.15, 0.2) is 48.5 Å². The number of benzene rings is 2. The van der Waals surface area contributed by atoms with Gasteiger partial charge in [-0.15, -0.1) is 0 Å². The van der Waals surface area contributed by atoms with E-state index in [2.05, 4.69) is 0 Å². The number of rotatable bonds is 5. The van der Waals surface area contributed by atoms with Crippen LogP contribution in [-0.2, 0) is 14.3 Å². The highest BCUT2D eigenvalue weighted by Gasteiger charge is 2.14. The van der Waals surface area contributed by atoms with Gasteiger partial charge in [-0.3, -0.25) is 0 Å². The smallest absolute Gasteiger partial charge is 0.337 e. The molecule has 0 fully saturated rings. The van der Waals surface area contributed by atoms with Crippen LogP contribution in [0.4, 0.5) is 0 Å². The molecule has 0 bridgehead atoms. The summed E-state index contributed by atoms with van der Waals surface area (Å²) in [5.41, 5.74) is 2.55. The second-order valence-electron chi connectivity index (χ2n) is 6.90. The van der Waals surface area contributed by atoms with E-state index in [0.717, 1.165) is 16.7 Å². The Morgan fingerprint density at radius 3 is 2.19 bits per heavy atom. The van der Waals surface area contributed by atoms with E-state index in [4.69, 9.17) is 14.2 Å². The molecular weight excluding hydrogens is 344 g/mol. The van der Waals surface area contributed by atoms with E-state index in [-0.39, 0.29) is 5.97 Å². The lowest BCUT2D eigenvalue weighted by molar-refractivity contribution is -0.148. The largest absolute Gasteiger partial charge is 0.496 e. The second kappa shape index (κ2) is 8.54. The maximum Gasteiger partial charge on any atom is 0.337 e. The Balaban J connectivity index is 2.23. The molecular formula is C22H24O5. The third-order valence-electron chi connectivity index (χ3n) is 3.66. The Morgan fingerprint density at radius 2 is 1.63 bits per heavy atom. The highest BCUT2D eigenvalue weighted by molar-refractivity contribution is 5.90. The normalized spacial score (nSPS) is 11.3. The summed E-state index contributed by atoms with van der Waals surface area (Å²) in [6, 6.07) is 12.7. The first-order valence-electron chi connectivity index (χ1n) is 8.51. The molecule has 0 heterocycles. The first-order chi connectivity index (χ1) is 12.7. The molecule has 0 aromatic heterocycles. The van der Waals surface area contributed by atoms with Crippen molar-refractivity contribution in [2.24, 2.45) is 0 Å². The molecule has 0 N–H and O–H groups in total. The zero-order valence-electron chi connectivity index (χ0n) is 16.2. The van der Waals surface area contributed by atoms with Crippen molar-refractivity contribution in [3.8, 4) is 16.9 Å². The van der Waals surface area contributed by atoms with Gasteiger partial charge in [0.2, 0.25) is 0 Å². The van der Waals surface area contributed by atoms with Crippen LogP contribution >= 0.6 is 0 Å². The lowest BCUT2D eigenvalue weighted by atomic mass is 10.0. The van der Waals surface area contributed by atoms with E-state index in [1.807, 2.05) is 51.1 Å². The van der Waals surface area contributed by atoms with Gasteiger partial charge in [0, 0.05) is 11.6 Å². The molecule has 0 aliphatic rings. The van der Waals surface area contributed by atoms with Gasteiger partial charge in [-0.25, -0.2) is 9.59 Å². The summed E-state index contributed by atoms with van der Waals surface area (Å²) in [6.07, 6.45) is 3.07. The molecule has 0 radical (unpaired) electrons. The molecule has 2 rings (SSSR count). The van der Waals surface area contributed by atoms with E-state index in [9.17, 15) is 9.59 Å². The standard InChI is InChI=1S/C22H24O5/c1-22(2,3)27-20(23)13-7-15-6-12-18(19(14-15)25-4)16-8-10-17(11-9-16)21(24)26-5/h6-14H,1-5H3/b13-7+. The van der Waals surface area contributed by atoms with E-state index < -0.39 is 11.6 Å². The fraction of sp³-hybridized carbons (Fsp3) is 0.273. The first-order valence-corrected chi connectivity index (χ1v) is 8.51. The topological polar surface area (TPSA) is 61.8 Å². The average molecular weight is 368 g/mol. The summed E-state index contributed by atoms with van der Waals surface area (Å²) in [4.78, 5) is 23.4. The molecule has 5 heteroatoms. The molecule has 0 saturated heterocycles. The molecule has 142 valence electrons. The molecule has 0 unspecified atom stereocenters. The van der Waals surface area contributed by atoms with Crippen LogP contribution in [0.2, 0.25) is 0 Å². The van der Waals surface area contributed by atoms with Crippen molar-refractivity contribution in [3.05, 3.63) is 59.7 Å². The molecule has 27 heavy (non-hydrogen) atoms. The summed E-state index contributed by atoms with van der Waals surface area (Å²) in [5, 5.41) is 0. The van der Waals surface area contributed by atoms with E-state index in [0.29, 0.717) is 11.3 Å². The van der Waals surface area contributed by atoms with Gasteiger partial charge in [-0.2, -0.15) is 0 Å². The second-order valence-corrected chi connectivity index (χ2v) is 6.90. The van der Waals surface area contributed by atoms with Gasteiger partial charge < -0.3 is 14.2 Å². The van der Waals surface area contributed by atoms with Crippen LogP contribution < -0.4 is 4.74 Å². The Hall–Kier alpha value is -3.08. The SMILES string of the molecule is COC(=O)c1ccc(-c2ccc(/C=C/C(=O)OC(C)(C)C)cc2OC)cc1. The zero-order chi connectivity index (χ0) is 20.0. The first kappa shape index (κ1) is 20.2. The lowest BCUT2D eigenvalue weighted by Gasteiger charge is -2.17. The van der Waals surface area contributed by atoms with Gasteiger partial charge in [-0.05, 0) is 56.2 Å². The fourth-order valence-corrected chi connectivity index (χ4v) is 2.45. The van der Waals surface area contributed by atoms with Crippen molar-refractivity contribution in [2.75, 3.05) is 14.2 Å². The Morgan fingerprint density at radius 1 is 0.963 bits per heavy atom. The zero-order valence-corrected chi connectivity index (χ0v) is 16.2. The maximum absolute atomic E-state index is 11.8. The highest BCUT2D eigenvalue weighted by Crippen LogP contribution is 2.31. The van der Waals surface area contributed by atoms with Crippen LogP contribution in [0.5, 0.6) is 5.75 Å². The van der Waals surface area contributed by atoms with Crippen molar-refractivity contribution in [3.63, 3.8) is 0 Å². The average Bonchev–Trinajstić information content (AvgIpc) is 2.64. The quantitative estimate of drug-likeness (QED) is 0.574. The molecule has 0 aliphatic heterocycles. The summed E-state index contributed by atoms with van der Waals surface area (Å²) < 4.78 is 15.4. The Kier molecular flexibility index (Phi) is 6.40. The molecule has 0 spiro atoms. The molecule has 0 amide bonds. The molecule has 0 aliphatic carbocycles. The van der Waals surface area contributed by atoms with E-state index in [1.54, 1.807) is 25.3 Å². The number of carbonyl (C=O) groups is 2. The van der Waals surface area contributed by atoms with Crippen molar-refractivity contribution in [1.82, 2.24) is 0 Å². The number of carbonyl (C=O) groups excluding carboxylic acids is 2. The monoisotopic (exact) mass is 368 g/mol. The third-order valence-corrected chi connectivity index (χ3v) is 3.66. The molecule has 2 aromatic rings. The number of hydrogen-bond acceptors (Lipinski definition) is 5. The molecule has 0 atom stereocenters. The predicted molar refractivity (Wildman–Crippen MR) is 105 cm³/mol. The van der Waals surface area contributed by atoms with E-state index in [1.165, 1.54) is 13.2 Å². The number of methoxy groups -OCH3 is 2. The van der Waals surface area contributed by atoms with Crippen LogP contribution in [0.1, 0.15) is 36.7 Å². The van der Waals surface area contributed by atoms with Gasteiger partial charge in [0.1, 0.15) is 11.4 Å². The minimum Gasteiger partial charge on any atom is -0.496 e. The number of hydrogen-bond donors (Lipinski definition) is 0. The van der Waals surface area contributed by atoms with Crippen LogP contribution in [0.3, 0.4) is 0 Å². The number of ether oxygens (including phenoxy) is 3. The van der Waals surface area contributed by atoms with Gasteiger partial charge >= 0.3 is 11.9 Å². The summed E-state index contributed by atoms with van der Waals surface area (Å²) >= 11 is 0. The highest BCUT2D eigenvalue weighted by atomic mass is 16.6. The van der Waals surface area contributed by atoms with Crippen LogP contribution in [-0.4, -0.2) is 31.8 Å². The predicted octanol–water partition coefficient (Wildman–Crippen LogP) is 4.50. The van der Waals surface area contributed by atoms with Crippen molar-refractivity contribution >= 4 is 18.0 Å². The summed E-state index contributed by atoms with van der Waals surface area (Å²) in [6.45, 7) is 5.46. The van der Waals surface area contributed by atoms with Gasteiger partial charge in [-0.1, -0.05) is 24.3 Å². The van der Waals surface area contributed by atoms with Crippen LogP contribution in [0, 0.1) is 0 Å². The third kappa shape index (κ3) is 5.71. The minimum atomic E-state index is -0.528.